The quantitative estimate of drug-likeness (QED) is 0.809. The van der Waals surface area contributed by atoms with Gasteiger partial charge in [-0.2, -0.15) is 0 Å². The molecule has 0 amide bonds. The maximum atomic E-state index is 10.4. The van der Waals surface area contributed by atoms with Crippen molar-refractivity contribution in [2.45, 2.75) is 18.2 Å². The summed E-state index contributed by atoms with van der Waals surface area (Å²) in [7, 11) is 0. The summed E-state index contributed by atoms with van der Waals surface area (Å²) in [6.07, 6.45) is 0.273. The molecule has 1 atom stereocenters. The van der Waals surface area contributed by atoms with E-state index >= 15 is 0 Å². The first-order chi connectivity index (χ1) is 6.18. The Hall–Kier alpha value is -0.791. The Morgan fingerprint density at radius 3 is 2.62 bits per heavy atom. The molecule has 70 valence electrons. The van der Waals surface area contributed by atoms with Crippen molar-refractivity contribution in [3.05, 3.63) is 30.3 Å². The Labute approximate surface area is 84.1 Å². The van der Waals surface area contributed by atoms with E-state index in [9.17, 15) is 4.79 Å². The molecule has 0 aliphatic heterocycles. The molecular formula is C10H12O2Se. The molecule has 13 heavy (non-hydrogen) atoms. The van der Waals surface area contributed by atoms with Crippen molar-refractivity contribution in [3.8, 4) is 0 Å². The van der Waals surface area contributed by atoms with E-state index in [0.717, 1.165) is 0 Å². The molecule has 0 saturated heterocycles. The number of rotatable bonds is 4. The average molecular weight is 243 g/mol. The summed E-state index contributed by atoms with van der Waals surface area (Å²) in [5, 5.41) is 8.57. The molecule has 1 N–H and O–H groups in total. The van der Waals surface area contributed by atoms with Crippen molar-refractivity contribution in [3.63, 3.8) is 0 Å². The molecular weight excluding hydrogens is 231 g/mol. The predicted octanol–water partition coefficient (Wildman–Crippen LogP) is 1.30. The van der Waals surface area contributed by atoms with Crippen molar-refractivity contribution in [1.82, 2.24) is 0 Å². The maximum absolute atomic E-state index is 10.4. The molecule has 0 radical (unpaired) electrons. The second kappa shape index (κ2) is 5.05. The molecule has 0 aliphatic carbocycles. The molecule has 0 heterocycles. The van der Waals surface area contributed by atoms with Gasteiger partial charge in [0.1, 0.15) is 0 Å². The summed E-state index contributed by atoms with van der Waals surface area (Å²) in [4.78, 5) is 10.7. The number of carboxylic acids is 1. The van der Waals surface area contributed by atoms with Crippen LogP contribution in [0.4, 0.5) is 0 Å². The topological polar surface area (TPSA) is 37.3 Å². The van der Waals surface area contributed by atoms with E-state index in [2.05, 4.69) is 12.1 Å². The number of carbonyl (C=O) groups is 1. The van der Waals surface area contributed by atoms with E-state index < -0.39 is 5.97 Å². The zero-order valence-electron chi connectivity index (χ0n) is 7.43. The summed E-state index contributed by atoms with van der Waals surface area (Å²) in [5.41, 5.74) is 0. The standard InChI is InChI=1S/C10H12O2Se/c1-8(7-10(11)12)13-9-5-3-2-4-6-9/h2-6,8H,7H2,1H3,(H,11,12)/t8-/m0/s1. The Kier molecular flexibility index (Phi) is 4.00. The SMILES string of the molecule is C[C@@H](CC(=O)O)[Se]c1ccccc1. The van der Waals surface area contributed by atoms with Gasteiger partial charge in [-0.15, -0.1) is 0 Å². The summed E-state index contributed by atoms with van der Waals surface area (Å²) in [6, 6.07) is 10.1. The van der Waals surface area contributed by atoms with Crippen LogP contribution in [-0.4, -0.2) is 26.0 Å². The average Bonchev–Trinajstić information content (AvgIpc) is 2.04. The molecule has 1 rings (SSSR count). The molecule has 0 spiro atoms. The van der Waals surface area contributed by atoms with Gasteiger partial charge in [-0.1, -0.05) is 0 Å². The Morgan fingerprint density at radius 2 is 2.08 bits per heavy atom. The molecule has 0 aromatic heterocycles. The van der Waals surface area contributed by atoms with Crippen molar-refractivity contribution < 1.29 is 9.90 Å². The summed E-state index contributed by atoms with van der Waals surface area (Å²) in [5.74, 6) is -0.703. The predicted molar refractivity (Wildman–Crippen MR) is 53.5 cm³/mol. The Bertz CT molecular complexity index is 272. The number of hydrogen-bond donors (Lipinski definition) is 1. The molecule has 0 bridgehead atoms. The van der Waals surface area contributed by atoms with Gasteiger partial charge >= 0.3 is 83.8 Å². The molecule has 0 aliphatic rings. The van der Waals surface area contributed by atoms with E-state index in [1.807, 2.05) is 25.1 Å². The molecule has 1 aromatic carbocycles. The minimum atomic E-state index is -0.703. The molecule has 0 fully saturated rings. The third-order valence-corrected chi connectivity index (χ3v) is 3.88. The Morgan fingerprint density at radius 1 is 1.46 bits per heavy atom. The van der Waals surface area contributed by atoms with Crippen LogP contribution in [-0.2, 0) is 4.79 Å². The van der Waals surface area contributed by atoms with Crippen molar-refractivity contribution >= 4 is 25.4 Å². The zero-order chi connectivity index (χ0) is 9.68. The van der Waals surface area contributed by atoms with Gasteiger partial charge in [-0.3, -0.25) is 0 Å². The van der Waals surface area contributed by atoms with Crippen molar-refractivity contribution in [2.75, 3.05) is 0 Å². The van der Waals surface area contributed by atoms with Crippen LogP contribution in [0, 0.1) is 0 Å². The molecule has 0 saturated carbocycles. The van der Waals surface area contributed by atoms with Gasteiger partial charge in [0, 0.05) is 0 Å². The van der Waals surface area contributed by atoms with Crippen LogP contribution < -0.4 is 4.46 Å². The van der Waals surface area contributed by atoms with Gasteiger partial charge < -0.3 is 0 Å². The first kappa shape index (κ1) is 10.3. The molecule has 1 aromatic rings. The fraction of sp³-hybridized carbons (Fsp3) is 0.300. The summed E-state index contributed by atoms with van der Waals surface area (Å²) in [6.45, 7) is 1.99. The van der Waals surface area contributed by atoms with Crippen LogP contribution in [0.1, 0.15) is 13.3 Å². The van der Waals surface area contributed by atoms with Gasteiger partial charge in [0.2, 0.25) is 0 Å². The van der Waals surface area contributed by atoms with Gasteiger partial charge in [-0.25, -0.2) is 0 Å². The van der Waals surface area contributed by atoms with E-state index in [0.29, 0.717) is 0 Å². The van der Waals surface area contributed by atoms with Gasteiger partial charge in [0.15, 0.2) is 0 Å². The summed E-state index contributed by atoms with van der Waals surface area (Å²) < 4.78 is 1.27. The van der Waals surface area contributed by atoms with Gasteiger partial charge in [0.25, 0.3) is 0 Å². The fourth-order valence-electron chi connectivity index (χ4n) is 1.02. The number of benzene rings is 1. The van der Waals surface area contributed by atoms with Crippen molar-refractivity contribution in [1.29, 1.82) is 0 Å². The second-order valence-corrected chi connectivity index (χ2v) is 6.01. The van der Waals surface area contributed by atoms with Crippen LogP contribution in [0.15, 0.2) is 30.3 Å². The van der Waals surface area contributed by atoms with Gasteiger partial charge in [-0.05, 0) is 0 Å². The minimum absolute atomic E-state index is 0.271. The first-order valence-corrected chi connectivity index (χ1v) is 5.96. The van der Waals surface area contributed by atoms with E-state index in [-0.39, 0.29) is 26.2 Å². The van der Waals surface area contributed by atoms with E-state index in [4.69, 9.17) is 5.11 Å². The van der Waals surface area contributed by atoms with E-state index in [1.165, 1.54) is 4.46 Å². The fourth-order valence-corrected chi connectivity index (χ4v) is 3.13. The number of carboxylic acid groups (broad SMARTS) is 1. The van der Waals surface area contributed by atoms with Crippen LogP contribution >= 0.6 is 0 Å². The van der Waals surface area contributed by atoms with Crippen molar-refractivity contribution in [2.24, 2.45) is 0 Å². The normalized spacial score (nSPS) is 12.4. The first-order valence-electron chi connectivity index (χ1n) is 4.12. The molecule has 0 unspecified atom stereocenters. The monoisotopic (exact) mass is 244 g/mol. The van der Waals surface area contributed by atoms with Gasteiger partial charge in [0.05, 0.1) is 0 Å². The number of hydrogen-bond acceptors (Lipinski definition) is 1. The molecule has 2 nitrogen and oxygen atoms in total. The van der Waals surface area contributed by atoms with Crippen LogP contribution in [0.25, 0.3) is 0 Å². The second-order valence-electron chi connectivity index (χ2n) is 2.84. The third-order valence-electron chi connectivity index (χ3n) is 1.54. The zero-order valence-corrected chi connectivity index (χ0v) is 9.15. The van der Waals surface area contributed by atoms with Crippen LogP contribution in [0.5, 0.6) is 0 Å². The number of aliphatic carboxylic acids is 1. The van der Waals surface area contributed by atoms with Crippen LogP contribution in [0.3, 0.4) is 0 Å². The summed E-state index contributed by atoms with van der Waals surface area (Å²) >= 11 is 0.277. The molecule has 3 heteroatoms. The van der Waals surface area contributed by atoms with Crippen LogP contribution in [0.2, 0.25) is 4.82 Å². The van der Waals surface area contributed by atoms with E-state index in [1.54, 1.807) is 0 Å². The third kappa shape index (κ3) is 4.11. The Balaban J connectivity index is 2.45.